The fraction of sp³-hybridized carbons (Fsp3) is 0.381. The minimum Gasteiger partial charge on any atom is -0.342 e. The molecule has 0 saturated carbocycles. The molecule has 2 aromatic rings. The Labute approximate surface area is 153 Å². The number of aromatic amines is 1. The summed E-state index contributed by atoms with van der Waals surface area (Å²) in [5.41, 5.74) is 3.91. The van der Waals surface area contributed by atoms with Crippen molar-refractivity contribution in [1.29, 1.82) is 0 Å². The number of hydrogen-bond donors (Lipinski definition) is 1. The molecule has 0 spiro atoms. The zero-order chi connectivity index (χ0) is 17.9. The second kappa shape index (κ2) is 7.28. The van der Waals surface area contributed by atoms with E-state index in [4.69, 9.17) is 0 Å². The monoisotopic (exact) mass is 349 g/mol. The summed E-state index contributed by atoms with van der Waals surface area (Å²) >= 11 is 0. The van der Waals surface area contributed by atoms with Gasteiger partial charge in [-0.05, 0) is 36.5 Å². The van der Waals surface area contributed by atoms with E-state index in [2.05, 4.69) is 10.2 Å². The van der Waals surface area contributed by atoms with Crippen molar-refractivity contribution < 1.29 is 9.59 Å². The number of H-pyrrole nitrogens is 1. The topological polar surface area (TPSA) is 66.1 Å². The third kappa shape index (κ3) is 3.34. The lowest BCUT2D eigenvalue weighted by atomic mass is 9.94. The molecule has 1 aliphatic carbocycles. The third-order valence-electron chi connectivity index (χ3n) is 5.49. The zero-order valence-corrected chi connectivity index (χ0v) is 14.8. The van der Waals surface area contributed by atoms with Gasteiger partial charge in [-0.15, -0.1) is 0 Å². The summed E-state index contributed by atoms with van der Waals surface area (Å²) in [7, 11) is 0. The van der Waals surface area contributed by atoms with Gasteiger partial charge in [0.15, 0.2) is 5.78 Å². The maximum Gasteiger partial charge on any atom is 0.227 e. The number of hydrogen-bond acceptors (Lipinski definition) is 3. The molecule has 1 unspecified atom stereocenters. The van der Waals surface area contributed by atoms with Crippen molar-refractivity contribution in [3.63, 3.8) is 0 Å². The van der Waals surface area contributed by atoms with Crippen molar-refractivity contribution in [3.05, 3.63) is 59.4 Å². The van der Waals surface area contributed by atoms with Gasteiger partial charge in [-0.2, -0.15) is 5.10 Å². The standard InChI is InChI=1S/C21H23N3O2/c25-20-9-8-17(15-5-2-1-3-6-15)18(20)13-21(26)24-12-4-7-16(14-24)19-10-11-22-23-19/h1-3,5-6,10-11,16H,4,7-9,12-14H2,(H,22,23). The number of allylic oxidation sites excluding steroid dienone is 1. The Morgan fingerprint density at radius 2 is 2.04 bits per heavy atom. The van der Waals surface area contributed by atoms with Gasteiger partial charge in [0.25, 0.3) is 0 Å². The molecule has 1 N–H and O–H groups in total. The third-order valence-corrected chi connectivity index (χ3v) is 5.49. The number of likely N-dealkylation sites (tertiary alicyclic amines) is 1. The van der Waals surface area contributed by atoms with Gasteiger partial charge in [-0.3, -0.25) is 14.7 Å². The number of aromatic nitrogens is 2. The maximum absolute atomic E-state index is 12.9. The molecule has 1 aromatic carbocycles. The molecule has 0 radical (unpaired) electrons. The fourth-order valence-corrected chi connectivity index (χ4v) is 4.09. The van der Waals surface area contributed by atoms with Crippen LogP contribution in [-0.2, 0) is 9.59 Å². The average molecular weight is 349 g/mol. The number of nitrogens with zero attached hydrogens (tertiary/aromatic N) is 2. The van der Waals surface area contributed by atoms with Crippen LogP contribution in [0.15, 0.2) is 48.2 Å². The number of piperidine rings is 1. The number of amides is 1. The van der Waals surface area contributed by atoms with E-state index in [1.165, 1.54) is 0 Å². The van der Waals surface area contributed by atoms with Crippen LogP contribution in [0.1, 0.15) is 49.3 Å². The molecular formula is C21H23N3O2. The Morgan fingerprint density at radius 3 is 2.81 bits per heavy atom. The van der Waals surface area contributed by atoms with Crippen molar-refractivity contribution >= 4 is 17.3 Å². The summed E-state index contributed by atoms with van der Waals surface area (Å²) in [6.45, 7) is 1.47. The van der Waals surface area contributed by atoms with Gasteiger partial charge < -0.3 is 4.90 Å². The normalized spacial score (nSPS) is 20.7. The molecule has 1 fully saturated rings. The summed E-state index contributed by atoms with van der Waals surface area (Å²) in [4.78, 5) is 27.2. The van der Waals surface area contributed by atoms with Gasteiger partial charge in [-0.25, -0.2) is 0 Å². The molecule has 4 rings (SSSR count). The highest BCUT2D eigenvalue weighted by molar-refractivity contribution is 6.10. The van der Waals surface area contributed by atoms with Crippen LogP contribution in [0.25, 0.3) is 5.57 Å². The lowest BCUT2D eigenvalue weighted by Crippen LogP contribution is -2.39. The Bertz CT molecular complexity index is 824. The van der Waals surface area contributed by atoms with Crippen LogP contribution < -0.4 is 0 Å². The fourth-order valence-electron chi connectivity index (χ4n) is 4.09. The summed E-state index contributed by atoms with van der Waals surface area (Å²) < 4.78 is 0. The van der Waals surface area contributed by atoms with Crippen molar-refractivity contribution in [2.24, 2.45) is 0 Å². The van der Waals surface area contributed by atoms with Crippen LogP contribution in [0.3, 0.4) is 0 Å². The Hall–Kier alpha value is -2.69. The van der Waals surface area contributed by atoms with Crippen LogP contribution in [0.5, 0.6) is 0 Å². The quantitative estimate of drug-likeness (QED) is 0.921. The van der Waals surface area contributed by atoms with Crippen molar-refractivity contribution in [3.8, 4) is 0 Å². The van der Waals surface area contributed by atoms with E-state index in [-0.39, 0.29) is 18.1 Å². The lowest BCUT2D eigenvalue weighted by molar-refractivity contribution is -0.132. The number of Topliss-reactive ketones (excluding diaryl/α,β-unsaturated/α-hetero) is 1. The molecule has 2 heterocycles. The van der Waals surface area contributed by atoms with E-state index < -0.39 is 0 Å². The van der Waals surface area contributed by atoms with Crippen molar-refractivity contribution in [1.82, 2.24) is 15.1 Å². The van der Waals surface area contributed by atoms with E-state index in [9.17, 15) is 9.59 Å². The maximum atomic E-state index is 12.9. The zero-order valence-electron chi connectivity index (χ0n) is 14.8. The number of carbonyl (C=O) groups excluding carboxylic acids is 2. The van der Waals surface area contributed by atoms with Gasteiger partial charge in [-0.1, -0.05) is 30.3 Å². The highest BCUT2D eigenvalue weighted by atomic mass is 16.2. The Morgan fingerprint density at radius 1 is 1.19 bits per heavy atom. The molecule has 2 aliphatic rings. The molecule has 26 heavy (non-hydrogen) atoms. The average Bonchev–Trinajstić information content (AvgIpc) is 3.34. The predicted molar refractivity (Wildman–Crippen MR) is 99.4 cm³/mol. The lowest BCUT2D eigenvalue weighted by Gasteiger charge is -2.32. The smallest absolute Gasteiger partial charge is 0.227 e. The summed E-state index contributed by atoms with van der Waals surface area (Å²) in [5, 5.41) is 7.05. The highest BCUT2D eigenvalue weighted by Gasteiger charge is 2.30. The van der Waals surface area contributed by atoms with Crippen LogP contribution in [0.4, 0.5) is 0 Å². The summed E-state index contributed by atoms with van der Waals surface area (Å²) in [5.74, 6) is 0.490. The van der Waals surface area contributed by atoms with Gasteiger partial charge in [0, 0.05) is 42.9 Å². The van der Waals surface area contributed by atoms with E-state index in [0.29, 0.717) is 24.5 Å². The SMILES string of the molecule is O=C1CCC(c2ccccc2)=C1CC(=O)N1CCCC(c2ccn[nH]2)C1. The number of benzene rings is 1. The number of nitrogens with one attached hydrogen (secondary N) is 1. The minimum absolute atomic E-state index is 0.0629. The Balaban J connectivity index is 1.50. The van der Waals surface area contributed by atoms with Crippen molar-refractivity contribution in [2.45, 2.75) is 38.0 Å². The predicted octanol–water partition coefficient (Wildman–Crippen LogP) is 3.32. The molecule has 134 valence electrons. The molecule has 1 aliphatic heterocycles. The number of rotatable bonds is 4. The van der Waals surface area contributed by atoms with E-state index in [1.807, 2.05) is 41.3 Å². The largest absolute Gasteiger partial charge is 0.342 e. The van der Waals surface area contributed by atoms with Crippen LogP contribution >= 0.6 is 0 Å². The summed E-state index contributed by atoms with van der Waals surface area (Å²) in [6.07, 6.45) is 5.27. The first-order chi connectivity index (χ1) is 12.7. The second-order valence-electron chi connectivity index (χ2n) is 7.11. The van der Waals surface area contributed by atoms with E-state index in [0.717, 1.165) is 42.6 Å². The molecular weight excluding hydrogens is 326 g/mol. The van der Waals surface area contributed by atoms with Crippen LogP contribution in [-0.4, -0.2) is 39.9 Å². The number of carbonyl (C=O) groups is 2. The van der Waals surface area contributed by atoms with Gasteiger partial charge in [0.1, 0.15) is 0 Å². The molecule has 1 saturated heterocycles. The molecule has 5 nitrogen and oxygen atoms in total. The molecule has 1 aromatic heterocycles. The van der Waals surface area contributed by atoms with Crippen molar-refractivity contribution in [2.75, 3.05) is 13.1 Å². The van der Waals surface area contributed by atoms with Gasteiger partial charge in [0.2, 0.25) is 5.91 Å². The van der Waals surface area contributed by atoms with Gasteiger partial charge >= 0.3 is 0 Å². The van der Waals surface area contributed by atoms with E-state index in [1.54, 1.807) is 6.20 Å². The first-order valence-electron chi connectivity index (χ1n) is 9.30. The Kier molecular flexibility index (Phi) is 4.69. The first kappa shape index (κ1) is 16.8. The van der Waals surface area contributed by atoms with E-state index >= 15 is 0 Å². The van der Waals surface area contributed by atoms with Crippen LogP contribution in [0, 0.1) is 0 Å². The second-order valence-corrected chi connectivity index (χ2v) is 7.11. The molecule has 1 atom stereocenters. The van der Waals surface area contributed by atoms with Crippen LogP contribution in [0.2, 0.25) is 0 Å². The summed E-state index contributed by atoms with van der Waals surface area (Å²) in [6, 6.07) is 11.9. The minimum atomic E-state index is 0.0629. The molecule has 1 amide bonds. The first-order valence-corrected chi connectivity index (χ1v) is 9.30. The highest BCUT2D eigenvalue weighted by Crippen LogP contribution is 2.34. The number of ketones is 1. The molecule has 0 bridgehead atoms. The van der Waals surface area contributed by atoms with Gasteiger partial charge in [0.05, 0.1) is 6.42 Å². The molecule has 5 heteroatoms.